The third kappa shape index (κ3) is 354. The summed E-state index contributed by atoms with van der Waals surface area (Å²) in [6.07, 6.45) is -1.83. The van der Waals surface area contributed by atoms with Crippen LogP contribution < -0.4 is 0 Å². The summed E-state index contributed by atoms with van der Waals surface area (Å²) < 4.78 is 33.1. The van der Waals surface area contributed by atoms with E-state index < -0.39 is 19.1 Å². The van der Waals surface area contributed by atoms with Crippen LogP contribution in [0.2, 0.25) is 0 Å². The van der Waals surface area contributed by atoms with E-state index in [9.17, 15) is 0 Å². The maximum atomic E-state index is 8.69. The van der Waals surface area contributed by atoms with Crippen LogP contribution in [0.5, 0.6) is 0 Å². The van der Waals surface area contributed by atoms with Crippen molar-refractivity contribution in [3.63, 3.8) is 0 Å². The Morgan fingerprint density at radius 2 is 1.09 bits per heavy atom. The maximum absolute atomic E-state index is 8.69. The molecule has 0 aliphatic heterocycles. The van der Waals surface area contributed by atoms with Crippen molar-refractivity contribution in [3.05, 3.63) is 0 Å². The second-order valence-corrected chi connectivity index (χ2v) is 1.92. The molecule has 0 aromatic heterocycles. The number of rotatable bonds is 0. The molecule has 0 fully saturated rings. The first-order chi connectivity index (χ1) is 3.73. The zero-order chi connectivity index (χ0) is 8.08. The monoisotopic (exact) mass is 246 g/mol. The molecule has 0 bridgehead atoms. The van der Waals surface area contributed by atoms with Gasteiger partial charge in [0.05, 0.1) is 0 Å². The molecule has 11 heavy (non-hydrogen) atoms. The van der Waals surface area contributed by atoms with E-state index in [0.717, 1.165) is 0 Å². The molecule has 0 aliphatic carbocycles. The summed E-state index contributed by atoms with van der Waals surface area (Å²) in [5, 5.41) is 13.9. The van der Waals surface area contributed by atoms with Crippen molar-refractivity contribution in [1.82, 2.24) is 0 Å². The molecular weight excluding hydrogens is 241 g/mol. The molecule has 0 rings (SSSR count). The molecule has 0 radical (unpaired) electrons. The number of hydrogen-bond acceptors (Lipinski definition) is 4. The summed E-state index contributed by atoms with van der Waals surface area (Å²) in [5.74, 6) is 0. The van der Waals surface area contributed by atoms with Gasteiger partial charge in [-0.3, -0.25) is 0 Å². The van der Waals surface area contributed by atoms with E-state index >= 15 is 0 Å². The zero-order valence-corrected chi connectivity index (χ0v) is 5.03. The first kappa shape index (κ1) is 23.0. The number of carboxylic acid groups (broad SMARTS) is 2. The summed E-state index contributed by atoms with van der Waals surface area (Å²) >= 11 is -5.38. The molecule has 0 saturated carbocycles. The average Bonchev–Trinajstić information content (AvgIpc) is 1.19. The van der Waals surface area contributed by atoms with Crippen molar-refractivity contribution in [2.24, 2.45) is 0 Å². The van der Waals surface area contributed by atoms with Gasteiger partial charge >= 0.3 is 116 Å². The van der Waals surface area contributed by atoms with E-state index in [1.807, 2.05) is 0 Å². The number of carbonyl (C=O) groups is 1. The van der Waals surface area contributed by atoms with Crippen molar-refractivity contribution in [2.75, 3.05) is 0 Å². The van der Waals surface area contributed by atoms with E-state index in [-0.39, 0.29) is 80.9 Å². The summed E-state index contributed by atoms with van der Waals surface area (Å²) in [5.41, 5.74) is 0. The van der Waals surface area contributed by atoms with Gasteiger partial charge < -0.3 is 10.2 Å². The molecule has 0 saturated heterocycles. The SMILES string of the molecule is O=C(O)O.[KH].[NaH].[O]=[Mn](=[O])(=[O])[OH]. The molecule has 0 aromatic carbocycles. The number of hydrogen-bond donors (Lipinski definition) is 3. The minimum absolute atomic E-state index is 0. The van der Waals surface area contributed by atoms with Gasteiger partial charge in [0, 0.05) is 0 Å². The van der Waals surface area contributed by atoms with Crippen LogP contribution in [0.15, 0.2) is 0 Å². The average molecular weight is 246 g/mol. The summed E-state index contributed by atoms with van der Waals surface area (Å²) in [6.45, 7) is 0. The molecule has 0 atom stereocenters. The summed E-state index contributed by atoms with van der Waals surface area (Å²) in [7, 11) is 0. The predicted molar refractivity (Wildman–Crippen MR) is 29.2 cm³/mol. The Morgan fingerprint density at radius 3 is 1.09 bits per heavy atom. The van der Waals surface area contributed by atoms with Crippen molar-refractivity contribution in [3.8, 4) is 0 Å². The quantitative estimate of drug-likeness (QED) is 0.422. The van der Waals surface area contributed by atoms with Crippen LogP contribution >= 0.6 is 0 Å². The van der Waals surface area contributed by atoms with Gasteiger partial charge in [-0.05, 0) is 0 Å². The van der Waals surface area contributed by atoms with E-state index in [1.165, 1.54) is 0 Å². The topological polar surface area (TPSA) is 129 Å². The van der Waals surface area contributed by atoms with Crippen LogP contribution in [-0.4, -0.2) is 101 Å². The van der Waals surface area contributed by atoms with Gasteiger partial charge in [0.2, 0.25) is 0 Å². The Bertz CT molecular complexity index is 204. The predicted octanol–water partition coefficient (Wildman–Crippen LogP) is -1.99. The van der Waals surface area contributed by atoms with Crippen molar-refractivity contribution >= 4 is 87.1 Å². The van der Waals surface area contributed by atoms with Gasteiger partial charge in [0.15, 0.2) is 0 Å². The Hall–Kier alpha value is 1.79. The first-order valence-corrected chi connectivity index (χ1v) is 3.26. The Kier molecular flexibility index (Phi) is 24.7. The second kappa shape index (κ2) is 11.8. The molecule has 0 aliphatic rings. The van der Waals surface area contributed by atoms with E-state index in [0.29, 0.717) is 0 Å². The van der Waals surface area contributed by atoms with Gasteiger partial charge in [-0.25, -0.2) is 4.79 Å². The fraction of sp³-hybridized carbons (Fsp3) is 0. The molecule has 0 aromatic rings. The van der Waals surface area contributed by atoms with E-state index in [4.69, 9.17) is 30.7 Å². The molecule has 0 spiro atoms. The first-order valence-electron chi connectivity index (χ1n) is 1.28. The van der Waals surface area contributed by atoms with Crippen LogP contribution in [0.4, 0.5) is 4.79 Å². The van der Waals surface area contributed by atoms with Crippen LogP contribution in [0.1, 0.15) is 0 Å². The van der Waals surface area contributed by atoms with Crippen molar-refractivity contribution in [2.45, 2.75) is 0 Å². The van der Waals surface area contributed by atoms with Gasteiger partial charge in [-0.1, -0.05) is 0 Å². The van der Waals surface area contributed by atoms with Crippen molar-refractivity contribution in [1.29, 1.82) is 0 Å². The third-order valence-corrected chi connectivity index (χ3v) is 0. The van der Waals surface area contributed by atoms with Crippen LogP contribution in [0.3, 0.4) is 0 Å². The molecule has 60 valence electrons. The molecule has 0 unspecified atom stereocenters. The molecular formula is CH5KMnNaO7. The van der Waals surface area contributed by atoms with Crippen LogP contribution in [0.25, 0.3) is 0 Å². The Balaban J connectivity index is -0.0000000383. The molecule has 0 heterocycles. The molecule has 3 N–H and O–H groups in total. The Morgan fingerprint density at radius 1 is 1.09 bits per heavy atom. The van der Waals surface area contributed by atoms with E-state index in [1.54, 1.807) is 0 Å². The van der Waals surface area contributed by atoms with E-state index in [2.05, 4.69) is 0 Å². The van der Waals surface area contributed by atoms with Gasteiger partial charge in [-0.15, -0.1) is 0 Å². The molecule has 7 nitrogen and oxygen atoms in total. The summed E-state index contributed by atoms with van der Waals surface area (Å²) in [6, 6.07) is 0. The molecule has 0 amide bonds. The Labute approximate surface area is 128 Å². The summed E-state index contributed by atoms with van der Waals surface area (Å²) in [4.78, 5) is 8.56. The fourth-order valence-electron chi connectivity index (χ4n) is 0. The fourth-order valence-corrected chi connectivity index (χ4v) is 0. The normalized spacial score (nSPS) is 7.36. The second-order valence-electron chi connectivity index (χ2n) is 0.679. The zero-order valence-electron chi connectivity index (χ0n) is 3.85. The third-order valence-electron chi connectivity index (χ3n) is 0. The molecule has 10 heteroatoms. The van der Waals surface area contributed by atoms with Gasteiger partial charge in [0.25, 0.3) is 0 Å². The van der Waals surface area contributed by atoms with Crippen LogP contribution in [-0.2, 0) is 24.5 Å². The van der Waals surface area contributed by atoms with Gasteiger partial charge in [0.1, 0.15) is 0 Å². The minimum atomic E-state index is -5.38. The van der Waals surface area contributed by atoms with Crippen LogP contribution in [0, 0.1) is 0 Å². The standard InChI is InChI=1S/CH2O3.K.Mn.Na.H2O.3O.2H/c2-1(3)4;;;;;;;;;/h(H2,2,3,4);;;;1H2;;;;;/q;;+1;;;;;;;/p-1. The van der Waals surface area contributed by atoms with Crippen molar-refractivity contribution < 1.29 is 43.7 Å². The van der Waals surface area contributed by atoms with Gasteiger partial charge in [-0.2, -0.15) is 0 Å².